The van der Waals surface area contributed by atoms with E-state index in [1.165, 1.54) is 6.20 Å². The van der Waals surface area contributed by atoms with Crippen LogP contribution in [0.3, 0.4) is 0 Å². The second-order valence-electron chi connectivity index (χ2n) is 3.18. The monoisotopic (exact) mass is 284 g/mol. The van der Waals surface area contributed by atoms with Gasteiger partial charge in [-0.05, 0) is 31.3 Å². The van der Waals surface area contributed by atoms with Crippen molar-refractivity contribution in [3.63, 3.8) is 0 Å². The number of pyridine rings is 1. The van der Waals surface area contributed by atoms with Crippen LogP contribution in [-0.2, 0) is 0 Å². The number of aromatic nitrogens is 1. The topological polar surface area (TPSA) is 73.7 Å². The van der Waals surface area contributed by atoms with Crippen LogP contribution in [0.2, 0.25) is 5.02 Å². The predicted octanol–water partition coefficient (Wildman–Crippen LogP) is 1.60. The standard InChI is InChI=1S/C10H13ClN6S/c1-7(15-17-10(18)12-2)5-14-16-9-4-3-8(11)6-13-9/h3-6H,1-2H3,(H,13,16)(H2,12,17,18)/b14-5+,15-7+. The van der Waals surface area contributed by atoms with Gasteiger partial charge in [-0.25, -0.2) is 4.98 Å². The van der Waals surface area contributed by atoms with Gasteiger partial charge in [-0.3, -0.25) is 10.9 Å². The zero-order valence-electron chi connectivity index (χ0n) is 9.94. The number of thiocarbonyl (C=S) groups is 1. The van der Waals surface area contributed by atoms with Crippen LogP contribution in [0.25, 0.3) is 0 Å². The second-order valence-corrected chi connectivity index (χ2v) is 4.02. The molecule has 0 bridgehead atoms. The van der Waals surface area contributed by atoms with E-state index >= 15 is 0 Å². The van der Waals surface area contributed by atoms with Gasteiger partial charge in [0.2, 0.25) is 0 Å². The number of hydrogen-bond donors (Lipinski definition) is 3. The van der Waals surface area contributed by atoms with Gasteiger partial charge < -0.3 is 5.32 Å². The Morgan fingerprint density at radius 2 is 2.28 bits per heavy atom. The number of hydrogen-bond acceptors (Lipinski definition) is 5. The van der Waals surface area contributed by atoms with Crippen molar-refractivity contribution in [1.82, 2.24) is 15.7 Å². The minimum absolute atomic E-state index is 0.440. The molecule has 18 heavy (non-hydrogen) atoms. The van der Waals surface area contributed by atoms with Crippen LogP contribution in [0.1, 0.15) is 6.92 Å². The summed E-state index contributed by atoms with van der Waals surface area (Å²) in [6.45, 7) is 1.78. The highest BCUT2D eigenvalue weighted by Crippen LogP contribution is 2.08. The molecular formula is C10H13ClN6S. The lowest BCUT2D eigenvalue weighted by Gasteiger charge is -2.01. The average Bonchev–Trinajstić information content (AvgIpc) is 2.38. The van der Waals surface area contributed by atoms with Crippen molar-refractivity contribution in [2.75, 3.05) is 12.5 Å². The number of anilines is 1. The Morgan fingerprint density at radius 3 is 2.89 bits per heavy atom. The smallest absolute Gasteiger partial charge is 0.186 e. The van der Waals surface area contributed by atoms with Gasteiger partial charge >= 0.3 is 0 Å². The van der Waals surface area contributed by atoms with Gasteiger partial charge in [-0.15, -0.1) is 0 Å². The molecule has 0 spiro atoms. The Hall–Kier alpha value is -1.73. The third kappa shape index (κ3) is 5.55. The number of nitrogens with zero attached hydrogens (tertiary/aromatic N) is 3. The predicted molar refractivity (Wildman–Crippen MR) is 79.3 cm³/mol. The first-order valence-corrected chi connectivity index (χ1v) is 5.83. The highest BCUT2D eigenvalue weighted by Gasteiger charge is 1.91. The molecule has 0 saturated heterocycles. The maximum Gasteiger partial charge on any atom is 0.186 e. The summed E-state index contributed by atoms with van der Waals surface area (Å²) in [6, 6.07) is 3.45. The van der Waals surface area contributed by atoms with Crippen molar-refractivity contribution < 1.29 is 0 Å². The maximum atomic E-state index is 5.71. The van der Waals surface area contributed by atoms with Gasteiger partial charge in [0, 0.05) is 13.2 Å². The van der Waals surface area contributed by atoms with E-state index in [-0.39, 0.29) is 0 Å². The fourth-order valence-corrected chi connectivity index (χ4v) is 1.01. The number of halogens is 1. The molecule has 1 rings (SSSR count). The van der Waals surface area contributed by atoms with E-state index in [4.69, 9.17) is 23.8 Å². The molecule has 0 atom stereocenters. The highest BCUT2D eigenvalue weighted by molar-refractivity contribution is 7.80. The molecule has 1 aromatic rings. The van der Waals surface area contributed by atoms with Crippen LogP contribution in [-0.4, -0.2) is 29.1 Å². The van der Waals surface area contributed by atoms with Gasteiger partial charge in [0.15, 0.2) is 5.11 Å². The Labute approximate surface area is 116 Å². The molecule has 6 nitrogen and oxygen atoms in total. The first kappa shape index (κ1) is 14.3. The minimum Gasteiger partial charge on any atom is -0.364 e. The molecule has 96 valence electrons. The number of hydrazone groups is 2. The van der Waals surface area contributed by atoms with E-state index in [0.717, 1.165) is 0 Å². The molecule has 0 amide bonds. The quantitative estimate of drug-likeness (QED) is 0.445. The first-order chi connectivity index (χ1) is 8.61. The second kappa shape index (κ2) is 7.57. The molecule has 0 unspecified atom stereocenters. The summed E-state index contributed by atoms with van der Waals surface area (Å²) < 4.78 is 0. The van der Waals surface area contributed by atoms with E-state index in [0.29, 0.717) is 21.7 Å². The van der Waals surface area contributed by atoms with E-state index in [2.05, 4.69) is 31.4 Å². The average molecular weight is 285 g/mol. The summed E-state index contributed by atoms with van der Waals surface area (Å²) in [4.78, 5) is 4.02. The zero-order chi connectivity index (χ0) is 13.4. The number of rotatable bonds is 4. The van der Waals surface area contributed by atoms with E-state index in [1.807, 2.05) is 0 Å². The molecule has 3 N–H and O–H groups in total. The van der Waals surface area contributed by atoms with E-state index < -0.39 is 0 Å². The molecule has 0 aliphatic carbocycles. The van der Waals surface area contributed by atoms with Crippen molar-refractivity contribution in [2.45, 2.75) is 6.92 Å². The Morgan fingerprint density at radius 1 is 1.50 bits per heavy atom. The van der Waals surface area contributed by atoms with Crippen molar-refractivity contribution in [2.24, 2.45) is 10.2 Å². The summed E-state index contributed by atoms with van der Waals surface area (Å²) in [5, 5.41) is 11.7. The highest BCUT2D eigenvalue weighted by atomic mass is 35.5. The van der Waals surface area contributed by atoms with Gasteiger partial charge in [0.05, 0.1) is 16.9 Å². The molecular weight excluding hydrogens is 272 g/mol. The fraction of sp³-hybridized carbons (Fsp3) is 0.200. The van der Waals surface area contributed by atoms with Crippen molar-refractivity contribution in [3.8, 4) is 0 Å². The largest absolute Gasteiger partial charge is 0.364 e. The first-order valence-electron chi connectivity index (χ1n) is 5.04. The Balaban J connectivity index is 2.44. The molecule has 1 aromatic heterocycles. The van der Waals surface area contributed by atoms with Crippen LogP contribution >= 0.6 is 23.8 Å². The summed E-state index contributed by atoms with van der Waals surface area (Å²) in [5.74, 6) is 0.599. The Bertz CT molecular complexity index is 456. The number of nitrogens with one attached hydrogen (secondary N) is 3. The molecule has 0 radical (unpaired) electrons. The van der Waals surface area contributed by atoms with E-state index in [1.54, 1.807) is 32.3 Å². The molecule has 0 aromatic carbocycles. The molecule has 0 saturated carbocycles. The van der Waals surface area contributed by atoms with Crippen LogP contribution in [0.5, 0.6) is 0 Å². The molecule has 1 heterocycles. The maximum absolute atomic E-state index is 5.71. The molecule has 8 heteroatoms. The van der Waals surface area contributed by atoms with E-state index in [9.17, 15) is 0 Å². The summed E-state index contributed by atoms with van der Waals surface area (Å²) in [7, 11) is 1.71. The summed E-state index contributed by atoms with van der Waals surface area (Å²) >= 11 is 10.6. The van der Waals surface area contributed by atoms with Crippen molar-refractivity contribution >= 4 is 46.7 Å². The molecule has 0 aliphatic rings. The third-order valence-corrected chi connectivity index (χ3v) is 2.24. The van der Waals surface area contributed by atoms with Crippen LogP contribution in [0, 0.1) is 0 Å². The van der Waals surface area contributed by atoms with Crippen molar-refractivity contribution in [1.29, 1.82) is 0 Å². The lowest BCUT2D eigenvalue weighted by Crippen LogP contribution is -2.29. The molecule has 0 aliphatic heterocycles. The normalized spacial score (nSPS) is 11.4. The van der Waals surface area contributed by atoms with Crippen LogP contribution in [0.15, 0.2) is 28.5 Å². The van der Waals surface area contributed by atoms with Crippen molar-refractivity contribution in [3.05, 3.63) is 23.4 Å². The zero-order valence-corrected chi connectivity index (χ0v) is 11.5. The third-order valence-electron chi connectivity index (χ3n) is 1.72. The lowest BCUT2D eigenvalue weighted by molar-refractivity contribution is 0.977. The van der Waals surface area contributed by atoms with Crippen LogP contribution < -0.4 is 16.2 Å². The summed E-state index contributed by atoms with van der Waals surface area (Å²) in [6.07, 6.45) is 3.08. The lowest BCUT2D eigenvalue weighted by atomic mass is 10.5. The van der Waals surface area contributed by atoms with Gasteiger partial charge in [0.1, 0.15) is 5.82 Å². The summed E-state index contributed by atoms with van der Waals surface area (Å²) in [5.41, 5.74) is 6.05. The van der Waals surface area contributed by atoms with Gasteiger partial charge in [0.25, 0.3) is 0 Å². The van der Waals surface area contributed by atoms with Gasteiger partial charge in [-0.1, -0.05) is 11.6 Å². The fourth-order valence-electron chi connectivity index (χ4n) is 0.857. The SMILES string of the molecule is CNC(=S)N/N=C(C)/C=N/Nc1ccc(Cl)cn1. The molecule has 0 fully saturated rings. The minimum atomic E-state index is 0.440. The van der Waals surface area contributed by atoms with Gasteiger partial charge in [-0.2, -0.15) is 10.2 Å². The van der Waals surface area contributed by atoms with Crippen LogP contribution in [0.4, 0.5) is 5.82 Å². The Kier molecular flexibility index (Phi) is 6.03.